The van der Waals surface area contributed by atoms with Gasteiger partial charge in [0.1, 0.15) is 5.69 Å². The average molecular weight is 271 g/mol. The molecule has 3 aromatic heterocycles. The van der Waals surface area contributed by atoms with Crippen molar-refractivity contribution in [2.75, 3.05) is 0 Å². The second-order valence-electron chi connectivity index (χ2n) is 4.34. The number of rotatable bonds is 3. The van der Waals surface area contributed by atoms with Gasteiger partial charge in [0.05, 0.1) is 0 Å². The van der Waals surface area contributed by atoms with Crippen molar-refractivity contribution in [1.29, 1.82) is 0 Å². The molecule has 0 unspecified atom stereocenters. The molecule has 1 saturated carbocycles. The lowest BCUT2D eigenvalue weighted by Crippen LogP contribution is -1.86. The van der Waals surface area contributed by atoms with Gasteiger partial charge in [-0.25, -0.2) is 15.0 Å². The molecule has 0 atom stereocenters. The number of hydrogen-bond acceptors (Lipinski definition) is 7. The molecule has 3 heterocycles. The SMILES string of the molecule is c1cnc(-c2nc(-c3nc(C4CC4)no3)cs2)nc1. The lowest BCUT2D eigenvalue weighted by atomic mass is 10.4. The van der Waals surface area contributed by atoms with E-state index in [1.54, 1.807) is 18.5 Å². The third-order valence-electron chi connectivity index (χ3n) is 2.86. The third kappa shape index (κ3) is 2.01. The molecule has 6 nitrogen and oxygen atoms in total. The molecular weight excluding hydrogens is 262 g/mol. The van der Waals surface area contributed by atoms with Crippen molar-refractivity contribution < 1.29 is 4.52 Å². The van der Waals surface area contributed by atoms with Crippen molar-refractivity contribution in [3.05, 3.63) is 29.7 Å². The fourth-order valence-electron chi connectivity index (χ4n) is 1.73. The van der Waals surface area contributed by atoms with E-state index in [4.69, 9.17) is 4.52 Å². The van der Waals surface area contributed by atoms with Gasteiger partial charge in [-0.2, -0.15) is 4.98 Å². The minimum absolute atomic E-state index is 0.473. The van der Waals surface area contributed by atoms with E-state index in [1.165, 1.54) is 11.3 Å². The first kappa shape index (κ1) is 10.7. The van der Waals surface area contributed by atoms with E-state index in [9.17, 15) is 0 Å². The maximum absolute atomic E-state index is 5.24. The molecule has 0 aliphatic heterocycles. The smallest absolute Gasteiger partial charge is 0.277 e. The molecule has 0 aromatic carbocycles. The molecule has 1 fully saturated rings. The van der Waals surface area contributed by atoms with Gasteiger partial charge >= 0.3 is 0 Å². The number of nitrogens with zero attached hydrogens (tertiary/aromatic N) is 5. The van der Waals surface area contributed by atoms with Crippen molar-refractivity contribution in [1.82, 2.24) is 25.1 Å². The molecule has 0 N–H and O–H groups in total. The molecule has 19 heavy (non-hydrogen) atoms. The van der Waals surface area contributed by atoms with Gasteiger partial charge in [-0.05, 0) is 18.9 Å². The highest BCUT2D eigenvalue weighted by Crippen LogP contribution is 2.39. The zero-order chi connectivity index (χ0) is 12.7. The summed E-state index contributed by atoms with van der Waals surface area (Å²) in [5.74, 6) is 2.36. The molecule has 1 aliphatic carbocycles. The molecule has 0 amide bonds. The Morgan fingerprint density at radius 2 is 2.00 bits per heavy atom. The molecule has 1 aliphatic rings. The van der Waals surface area contributed by atoms with Crippen molar-refractivity contribution in [3.8, 4) is 22.4 Å². The lowest BCUT2D eigenvalue weighted by Gasteiger charge is -1.90. The maximum atomic E-state index is 5.24. The van der Waals surface area contributed by atoms with Gasteiger partial charge in [0.15, 0.2) is 16.7 Å². The lowest BCUT2D eigenvalue weighted by molar-refractivity contribution is 0.422. The molecule has 3 aromatic rings. The zero-order valence-corrected chi connectivity index (χ0v) is 10.7. The first-order chi connectivity index (χ1) is 9.40. The van der Waals surface area contributed by atoms with Gasteiger partial charge in [0.2, 0.25) is 0 Å². The van der Waals surface area contributed by atoms with E-state index in [2.05, 4.69) is 25.1 Å². The van der Waals surface area contributed by atoms with Gasteiger partial charge in [-0.15, -0.1) is 11.3 Å². The minimum atomic E-state index is 0.473. The van der Waals surface area contributed by atoms with Crippen molar-refractivity contribution in [3.63, 3.8) is 0 Å². The van der Waals surface area contributed by atoms with E-state index in [1.807, 2.05) is 5.38 Å². The van der Waals surface area contributed by atoms with Gasteiger partial charge in [-0.1, -0.05) is 5.16 Å². The predicted molar refractivity (Wildman–Crippen MR) is 68.4 cm³/mol. The Labute approximate surface area is 112 Å². The van der Waals surface area contributed by atoms with E-state index in [0.29, 0.717) is 23.3 Å². The first-order valence-corrected chi connectivity index (χ1v) is 6.85. The monoisotopic (exact) mass is 271 g/mol. The summed E-state index contributed by atoms with van der Waals surface area (Å²) in [7, 11) is 0. The molecule has 0 saturated heterocycles. The van der Waals surface area contributed by atoms with E-state index < -0.39 is 0 Å². The summed E-state index contributed by atoms with van der Waals surface area (Å²) < 4.78 is 5.24. The second-order valence-corrected chi connectivity index (χ2v) is 5.20. The first-order valence-electron chi connectivity index (χ1n) is 5.97. The molecule has 0 spiro atoms. The Balaban J connectivity index is 1.66. The summed E-state index contributed by atoms with van der Waals surface area (Å²) in [5.41, 5.74) is 0.687. The summed E-state index contributed by atoms with van der Waals surface area (Å²) >= 11 is 1.47. The van der Waals surface area contributed by atoms with Crippen LogP contribution in [-0.2, 0) is 0 Å². The Morgan fingerprint density at radius 3 is 2.79 bits per heavy atom. The highest BCUT2D eigenvalue weighted by Gasteiger charge is 2.29. The van der Waals surface area contributed by atoms with Crippen LogP contribution in [0.5, 0.6) is 0 Å². The van der Waals surface area contributed by atoms with Gasteiger partial charge < -0.3 is 4.52 Å². The summed E-state index contributed by atoms with van der Waals surface area (Å²) in [5, 5.41) is 6.62. The normalized spacial score (nSPS) is 14.7. The van der Waals surface area contributed by atoms with Crippen molar-refractivity contribution in [2.45, 2.75) is 18.8 Å². The van der Waals surface area contributed by atoms with E-state index >= 15 is 0 Å². The van der Waals surface area contributed by atoms with Crippen LogP contribution in [0.2, 0.25) is 0 Å². The van der Waals surface area contributed by atoms with Gasteiger partial charge in [0.25, 0.3) is 5.89 Å². The van der Waals surface area contributed by atoms with Crippen LogP contribution in [0.15, 0.2) is 28.4 Å². The number of aromatic nitrogens is 5. The fourth-order valence-corrected chi connectivity index (χ4v) is 2.47. The Kier molecular flexibility index (Phi) is 2.37. The Morgan fingerprint density at radius 1 is 1.16 bits per heavy atom. The number of thiazole rings is 1. The summed E-state index contributed by atoms with van der Waals surface area (Å²) in [4.78, 5) is 17.2. The molecule has 0 radical (unpaired) electrons. The minimum Gasteiger partial charge on any atom is -0.332 e. The maximum Gasteiger partial charge on any atom is 0.277 e. The molecule has 0 bridgehead atoms. The second kappa shape index (κ2) is 4.20. The zero-order valence-electron chi connectivity index (χ0n) is 9.85. The highest BCUT2D eigenvalue weighted by molar-refractivity contribution is 7.13. The highest BCUT2D eigenvalue weighted by atomic mass is 32.1. The van der Waals surface area contributed by atoms with Crippen LogP contribution in [0.25, 0.3) is 22.4 Å². The predicted octanol–water partition coefficient (Wildman–Crippen LogP) is 2.53. The van der Waals surface area contributed by atoms with Crippen molar-refractivity contribution >= 4 is 11.3 Å². The standard InChI is InChI=1S/C12H9N5OS/c1-4-13-10(14-5-1)12-15-8(6-19-12)11-16-9(17-18-11)7-2-3-7/h1,4-7H,2-3H2. The van der Waals surface area contributed by atoms with E-state index in [-0.39, 0.29) is 0 Å². The summed E-state index contributed by atoms with van der Waals surface area (Å²) in [6.07, 6.45) is 5.70. The fraction of sp³-hybridized carbons (Fsp3) is 0.250. The van der Waals surface area contributed by atoms with Crippen LogP contribution in [0, 0.1) is 0 Å². The molecule has 94 valence electrons. The van der Waals surface area contributed by atoms with Crippen LogP contribution >= 0.6 is 11.3 Å². The third-order valence-corrected chi connectivity index (χ3v) is 3.70. The van der Waals surface area contributed by atoms with Crippen LogP contribution < -0.4 is 0 Å². The largest absolute Gasteiger partial charge is 0.332 e. The van der Waals surface area contributed by atoms with Gasteiger partial charge in [-0.3, -0.25) is 0 Å². The van der Waals surface area contributed by atoms with Crippen LogP contribution in [0.3, 0.4) is 0 Å². The van der Waals surface area contributed by atoms with Crippen LogP contribution in [0.4, 0.5) is 0 Å². The number of hydrogen-bond donors (Lipinski definition) is 0. The van der Waals surface area contributed by atoms with Crippen LogP contribution in [0.1, 0.15) is 24.6 Å². The molecular formula is C12H9N5OS. The summed E-state index contributed by atoms with van der Waals surface area (Å²) in [6.45, 7) is 0. The van der Waals surface area contributed by atoms with Gasteiger partial charge in [0, 0.05) is 23.7 Å². The van der Waals surface area contributed by atoms with Crippen molar-refractivity contribution in [2.24, 2.45) is 0 Å². The molecule has 7 heteroatoms. The Bertz CT molecular complexity index is 704. The van der Waals surface area contributed by atoms with E-state index in [0.717, 1.165) is 23.7 Å². The van der Waals surface area contributed by atoms with Crippen LogP contribution in [-0.4, -0.2) is 25.1 Å². The topological polar surface area (TPSA) is 77.6 Å². The molecule has 4 rings (SSSR count). The Hall–Kier alpha value is -2.15. The summed E-state index contributed by atoms with van der Waals surface area (Å²) in [6, 6.07) is 1.78. The average Bonchev–Trinajstić information content (AvgIpc) is 3.01. The quantitative estimate of drug-likeness (QED) is 0.728.